The van der Waals surface area contributed by atoms with E-state index in [1.54, 1.807) is 30.3 Å². The molecule has 3 aromatic carbocycles. The molecule has 0 fully saturated rings. The van der Waals surface area contributed by atoms with Gasteiger partial charge in [-0.2, -0.15) is 0 Å². The molecule has 0 heterocycles. The highest BCUT2D eigenvalue weighted by molar-refractivity contribution is 6.62. The van der Waals surface area contributed by atoms with Crippen molar-refractivity contribution in [3.05, 3.63) is 83.4 Å². The third kappa shape index (κ3) is 1.90. The Morgan fingerprint density at radius 1 is 0.609 bits per heavy atom. The SMILES string of the molecule is O=C1C(=O)c2ccccc2C(O)=C1c1cccc2ccccc12. The predicted octanol–water partition coefficient (Wildman–Crippen LogP) is 4.03. The number of carbonyl (C=O) groups is 2. The summed E-state index contributed by atoms with van der Waals surface area (Å²) in [7, 11) is 0. The number of carbonyl (C=O) groups excluding carboxylic acids is 2. The Kier molecular flexibility index (Phi) is 2.88. The van der Waals surface area contributed by atoms with Gasteiger partial charge in [-0.15, -0.1) is 0 Å². The van der Waals surface area contributed by atoms with Gasteiger partial charge in [0.25, 0.3) is 0 Å². The van der Waals surface area contributed by atoms with Crippen molar-refractivity contribution in [3.8, 4) is 0 Å². The maximum absolute atomic E-state index is 12.6. The van der Waals surface area contributed by atoms with Crippen LogP contribution < -0.4 is 0 Å². The zero-order valence-electron chi connectivity index (χ0n) is 12.1. The molecule has 23 heavy (non-hydrogen) atoms. The summed E-state index contributed by atoms with van der Waals surface area (Å²) in [6.45, 7) is 0. The number of allylic oxidation sites excluding steroid dienone is 1. The molecule has 0 aliphatic heterocycles. The monoisotopic (exact) mass is 300 g/mol. The second kappa shape index (κ2) is 4.92. The smallest absolute Gasteiger partial charge is 0.237 e. The van der Waals surface area contributed by atoms with Gasteiger partial charge in [-0.05, 0) is 16.3 Å². The van der Waals surface area contributed by atoms with Gasteiger partial charge in [0.1, 0.15) is 5.76 Å². The minimum Gasteiger partial charge on any atom is -0.506 e. The molecule has 1 aliphatic carbocycles. The van der Waals surface area contributed by atoms with Crippen LogP contribution in [-0.4, -0.2) is 16.7 Å². The van der Waals surface area contributed by atoms with Crippen LogP contribution in [0, 0.1) is 0 Å². The first-order valence-corrected chi connectivity index (χ1v) is 7.28. The summed E-state index contributed by atoms with van der Waals surface area (Å²) in [5.74, 6) is -1.39. The zero-order valence-corrected chi connectivity index (χ0v) is 12.1. The molecule has 0 atom stereocenters. The normalized spacial score (nSPS) is 14.3. The van der Waals surface area contributed by atoms with Crippen molar-refractivity contribution in [1.82, 2.24) is 0 Å². The lowest BCUT2D eigenvalue weighted by atomic mass is 9.84. The number of aliphatic hydroxyl groups is 1. The zero-order chi connectivity index (χ0) is 16.0. The van der Waals surface area contributed by atoms with Gasteiger partial charge < -0.3 is 5.11 Å². The number of ketones is 2. The van der Waals surface area contributed by atoms with Gasteiger partial charge in [-0.25, -0.2) is 0 Å². The molecule has 4 rings (SSSR count). The molecule has 0 spiro atoms. The van der Waals surface area contributed by atoms with E-state index in [9.17, 15) is 14.7 Å². The van der Waals surface area contributed by atoms with Gasteiger partial charge in [0.15, 0.2) is 0 Å². The predicted molar refractivity (Wildman–Crippen MR) is 89.2 cm³/mol. The topological polar surface area (TPSA) is 54.4 Å². The number of hydrogen-bond acceptors (Lipinski definition) is 3. The molecule has 0 saturated heterocycles. The largest absolute Gasteiger partial charge is 0.506 e. The second-order valence-corrected chi connectivity index (χ2v) is 5.45. The minimum absolute atomic E-state index is 0.0745. The van der Waals surface area contributed by atoms with Crippen molar-refractivity contribution < 1.29 is 14.7 Å². The van der Waals surface area contributed by atoms with Crippen LogP contribution in [0.4, 0.5) is 0 Å². The number of benzene rings is 3. The lowest BCUT2D eigenvalue weighted by molar-refractivity contribution is -0.110. The minimum atomic E-state index is -0.669. The Morgan fingerprint density at radius 3 is 2.04 bits per heavy atom. The Morgan fingerprint density at radius 2 is 1.22 bits per heavy atom. The first-order valence-electron chi connectivity index (χ1n) is 7.28. The lowest BCUT2D eigenvalue weighted by Gasteiger charge is -2.19. The van der Waals surface area contributed by atoms with Crippen LogP contribution in [0.2, 0.25) is 0 Å². The Labute approximate surface area is 132 Å². The Hall–Kier alpha value is -3.20. The van der Waals surface area contributed by atoms with E-state index in [0.29, 0.717) is 11.1 Å². The molecule has 0 bridgehead atoms. The molecule has 0 aromatic heterocycles. The third-order valence-electron chi connectivity index (χ3n) is 4.16. The van der Waals surface area contributed by atoms with E-state index in [1.807, 2.05) is 36.4 Å². The van der Waals surface area contributed by atoms with Crippen LogP contribution in [0.25, 0.3) is 22.1 Å². The van der Waals surface area contributed by atoms with E-state index in [-0.39, 0.29) is 16.9 Å². The lowest BCUT2D eigenvalue weighted by Crippen LogP contribution is -2.23. The van der Waals surface area contributed by atoms with Gasteiger partial charge in [-0.1, -0.05) is 66.7 Å². The van der Waals surface area contributed by atoms with Crippen molar-refractivity contribution in [3.63, 3.8) is 0 Å². The van der Waals surface area contributed by atoms with Crippen molar-refractivity contribution in [2.75, 3.05) is 0 Å². The standard InChI is InChI=1S/C20H12O3/c21-18-15-9-3-4-10-16(15)19(22)20(23)17(18)14-11-5-7-12-6-1-2-8-13(12)14/h1-11,21H. The van der Waals surface area contributed by atoms with Gasteiger partial charge >= 0.3 is 0 Å². The second-order valence-electron chi connectivity index (χ2n) is 5.45. The van der Waals surface area contributed by atoms with E-state index in [4.69, 9.17) is 0 Å². The molecule has 0 amide bonds. The Balaban J connectivity index is 2.08. The Bertz CT molecular complexity index is 1010. The summed E-state index contributed by atoms with van der Waals surface area (Å²) >= 11 is 0. The molecule has 1 aliphatic rings. The van der Waals surface area contributed by atoms with Crippen molar-refractivity contribution in [2.24, 2.45) is 0 Å². The third-order valence-corrected chi connectivity index (χ3v) is 4.16. The van der Waals surface area contributed by atoms with E-state index in [0.717, 1.165) is 10.8 Å². The van der Waals surface area contributed by atoms with Crippen LogP contribution >= 0.6 is 0 Å². The number of aliphatic hydroxyl groups excluding tert-OH is 1. The molecule has 0 unspecified atom stereocenters. The summed E-state index contributed by atoms with van der Waals surface area (Å²) in [4.78, 5) is 25.0. The van der Waals surface area contributed by atoms with E-state index < -0.39 is 11.6 Å². The summed E-state index contributed by atoms with van der Waals surface area (Å²) in [6.07, 6.45) is 0. The maximum atomic E-state index is 12.6. The van der Waals surface area contributed by atoms with E-state index in [2.05, 4.69) is 0 Å². The molecule has 0 saturated carbocycles. The van der Waals surface area contributed by atoms with Crippen LogP contribution in [0.5, 0.6) is 0 Å². The quantitative estimate of drug-likeness (QED) is 0.690. The summed E-state index contributed by atoms with van der Waals surface area (Å²) in [5.41, 5.74) is 1.30. The molecule has 3 nitrogen and oxygen atoms in total. The van der Waals surface area contributed by atoms with Gasteiger partial charge in [0.2, 0.25) is 11.6 Å². The number of hydrogen-bond donors (Lipinski definition) is 1. The average Bonchev–Trinajstić information content (AvgIpc) is 2.60. The van der Waals surface area contributed by atoms with Crippen LogP contribution in [0.1, 0.15) is 21.5 Å². The van der Waals surface area contributed by atoms with Crippen LogP contribution in [0.15, 0.2) is 66.7 Å². The van der Waals surface area contributed by atoms with Gasteiger partial charge in [-0.3, -0.25) is 9.59 Å². The molecular weight excluding hydrogens is 288 g/mol. The number of Topliss-reactive ketones (excluding diaryl/α,β-unsaturated/α-hetero) is 2. The average molecular weight is 300 g/mol. The van der Waals surface area contributed by atoms with E-state index in [1.165, 1.54) is 0 Å². The highest BCUT2D eigenvalue weighted by Gasteiger charge is 2.33. The number of fused-ring (bicyclic) bond motifs is 2. The summed E-state index contributed by atoms with van der Waals surface area (Å²) < 4.78 is 0. The molecule has 110 valence electrons. The van der Waals surface area contributed by atoms with Crippen LogP contribution in [0.3, 0.4) is 0 Å². The summed E-state index contributed by atoms with van der Waals surface area (Å²) in [6, 6.07) is 19.7. The van der Waals surface area contributed by atoms with Gasteiger partial charge in [0, 0.05) is 11.1 Å². The fourth-order valence-corrected chi connectivity index (χ4v) is 3.06. The fraction of sp³-hybridized carbons (Fsp3) is 0. The van der Waals surface area contributed by atoms with E-state index >= 15 is 0 Å². The molecule has 3 aromatic rings. The number of rotatable bonds is 1. The maximum Gasteiger partial charge on any atom is 0.237 e. The molecule has 0 radical (unpaired) electrons. The van der Waals surface area contributed by atoms with Crippen molar-refractivity contribution in [2.45, 2.75) is 0 Å². The highest BCUT2D eigenvalue weighted by atomic mass is 16.3. The van der Waals surface area contributed by atoms with Crippen molar-refractivity contribution >= 4 is 33.7 Å². The highest BCUT2D eigenvalue weighted by Crippen LogP contribution is 2.36. The first-order chi connectivity index (χ1) is 11.2. The van der Waals surface area contributed by atoms with Crippen LogP contribution in [-0.2, 0) is 4.79 Å². The molecule has 3 heteroatoms. The first kappa shape index (κ1) is 13.5. The molecule has 1 N–H and O–H groups in total. The van der Waals surface area contributed by atoms with Crippen molar-refractivity contribution in [1.29, 1.82) is 0 Å². The van der Waals surface area contributed by atoms with Gasteiger partial charge in [0.05, 0.1) is 5.57 Å². The molecular formula is C20H12O3. The fourth-order valence-electron chi connectivity index (χ4n) is 3.06. The summed E-state index contributed by atoms with van der Waals surface area (Å²) in [5, 5.41) is 12.4.